The van der Waals surface area contributed by atoms with Crippen molar-refractivity contribution in [2.24, 2.45) is 0 Å². The van der Waals surface area contributed by atoms with E-state index in [2.05, 4.69) is 4.90 Å². The quantitative estimate of drug-likeness (QED) is 0.684. The molecular formula is C18H22F3NO5. The number of rotatable bonds is 1. The van der Waals surface area contributed by atoms with Gasteiger partial charge in [0.1, 0.15) is 0 Å². The van der Waals surface area contributed by atoms with Crippen LogP contribution in [0.4, 0.5) is 13.2 Å². The number of nitrogens with zero attached hydrogens (tertiary/aromatic N) is 1. The number of aromatic hydroxyl groups is 1. The number of hydrogen-bond acceptors (Lipinski definition) is 5. The zero-order chi connectivity index (χ0) is 20.0. The second-order valence-electron chi connectivity index (χ2n) is 7.30. The second-order valence-corrected chi connectivity index (χ2v) is 7.30. The van der Waals surface area contributed by atoms with Gasteiger partial charge in [-0.2, -0.15) is 13.2 Å². The lowest BCUT2D eigenvalue weighted by molar-refractivity contribution is -0.192. The molecule has 0 aromatic heterocycles. The molecule has 1 saturated carbocycles. The number of aliphatic hydroxyl groups excluding tert-OH is 1. The summed E-state index contributed by atoms with van der Waals surface area (Å²) in [7, 11) is 1.60. The van der Waals surface area contributed by atoms with Crippen LogP contribution in [-0.2, 0) is 16.8 Å². The molecule has 150 valence electrons. The van der Waals surface area contributed by atoms with Crippen LogP contribution in [0.5, 0.6) is 11.5 Å². The fraction of sp³-hybridized carbons (Fsp3) is 0.611. The minimum Gasteiger partial charge on any atom is -0.504 e. The molecular weight excluding hydrogens is 367 g/mol. The Balaban J connectivity index is 0.000000260. The minimum atomic E-state index is -5.08. The van der Waals surface area contributed by atoms with Crippen LogP contribution in [0.2, 0.25) is 0 Å². The van der Waals surface area contributed by atoms with Gasteiger partial charge in [-0.05, 0) is 55.5 Å². The number of phenols is 1. The van der Waals surface area contributed by atoms with Crippen LogP contribution in [0.15, 0.2) is 12.1 Å². The predicted molar refractivity (Wildman–Crippen MR) is 88.7 cm³/mol. The van der Waals surface area contributed by atoms with Gasteiger partial charge >= 0.3 is 12.1 Å². The number of ether oxygens (including phenoxy) is 1. The van der Waals surface area contributed by atoms with E-state index in [1.165, 1.54) is 11.1 Å². The lowest BCUT2D eigenvalue weighted by Crippen LogP contribution is -2.51. The van der Waals surface area contributed by atoms with Crippen molar-refractivity contribution in [3.8, 4) is 11.5 Å². The summed E-state index contributed by atoms with van der Waals surface area (Å²) >= 11 is 0. The molecule has 0 spiro atoms. The molecule has 6 nitrogen and oxygen atoms in total. The first kappa shape index (κ1) is 19.8. The van der Waals surface area contributed by atoms with Crippen molar-refractivity contribution in [1.82, 2.24) is 4.90 Å². The molecule has 1 aromatic rings. The van der Waals surface area contributed by atoms with E-state index in [9.17, 15) is 23.4 Å². The number of halogens is 3. The highest BCUT2D eigenvalue weighted by Gasteiger charge is 2.54. The lowest BCUT2D eigenvalue weighted by atomic mass is 9.63. The average molecular weight is 389 g/mol. The summed E-state index contributed by atoms with van der Waals surface area (Å²) in [6, 6.07) is 4.36. The monoisotopic (exact) mass is 389 g/mol. The van der Waals surface area contributed by atoms with Crippen molar-refractivity contribution in [1.29, 1.82) is 0 Å². The Kier molecular flexibility index (Phi) is 5.02. The van der Waals surface area contributed by atoms with E-state index < -0.39 is 12.1 Å². The summed E-state index contributed by atoms with van der Waals surface area (Å²) in [6.45, 7) is 1.97. The molecule has 3 N–H and O–H groups in total. The largest absolute Gasteiger partial charge is 0.504 e. The van der Waals surface area contributed by atoms with Gasteiger partial charge in [0.15, 0.2) is 11.5 Å². The second kappa shape index (κ2) is 6.87. The Morgan fingerprint density at radius 1 is 1.33 bits per heavy atom. The molecule has 1 saturated heterocycles. The maximum atomic E-state index is 10.6. The molecule has 2 aliphatic heterocycles. The van der Waals surface area contributed by atoms with Crippen LogP contribution in [-0.4, -0.2) is 58.2 Å². The molecule has 1 aliphatic carbocycles. The minimum absolute atomic E-state index is 0.158. The van der Waals surface area contributed by atoms with E-state index in [0.717, 1.165) is 38.8 Å². The van der Waals surface area contributed by atoms with Crippen molar-refractivity contribution >= 4 is 5.97 Å². The van der Waals surface area contributed by atoms with E-state index in [-0.39, 0.29) is 17.3 Å². The Labute approximate surface area is 154 Å². The number of fused-ring (bicyclic) bond motifs is 1. The van der Waals surface area contributed by atoms with Crippen LogP contribution in [0.3, 0.4) is 0 Å². The Bertz CT molecular complexity index is 738. The Morgan fingerprint density at radius 3 is 2.59 bits per heavy atom. The number of alkyl halides is 3. The molecule has 4 atom stereocenters. The summed E-state index contributed by atoms with van der Waals surface area (Å²) in [5, 5.41) is 27.1. The molecule has 4 rings (SSSR count). The third-order valence-corrected chi connectivity index (χ3v) is 5.90. The zero-order valence-electron chi connectivity index (χ0n) is 14.8. The van der Waals surface area contributed by atoms with Gasteiger partial charge in [0, 0.05) is 18.0 Å². The van der Waals surface area contributed by atoms with Gasteiger partial charge in [0.2, 0.25) is 0 Å². The Hall–Kier alpha value is -2.00. The number of carboxylic acids is 1. The first-order valence-electron chi connectivity index (χ1n) is 8.71. The summed E-state index contributed by atoms with van der Waals surface area (Å²) in [5.41, 5.74) is 2.74. The van der Waals surface area contributed by atoms with Crippen LogP contribution in [0.1, 0.15) is 36.8 Å². The standard InChI is InChI=1S/C16H21NO3.C2HF3O2/c1-20-14-8-12-10(6-13(14)19)9-17-5-4-16(12)3-2-11(18)7-15(16)17;3-2(4,5)1(6)7/h6,8,11,15,18-19H,2-5,7,9H2,1H3;(H,6,7)/t11-,15+,16+;/m1./s1. The maximum absolute atomic E-state index is 10.6. The number of carbonyl (C=O) groups is 1. The molecule has 1 unspecified atom stereocenters. The fourth-order valence-corrected chi connectivity index (χ4v) is 4.71. The van der Waals surface area contributed by atoms with Crippen LogP contribution < -0.4 is 4.74 Å². The SMILES string of the molecule is COc1cc2c(cc1O)CN1CC[C@@]23CC[C@@H](O)C[C@H]13.O=C(O)C(F)(F)F. The average Bonchev–Trinajstić information content (AvgIpc) is 2.86. The van der Waals surface area contributed by atoms with Crippen molar-refractivity contribution in [3.63, 3.8) is 0 Å². The summed E-state index contributed by atoms with van der Waals surface area (Å²) < 4.78 is 37.0. The van der Waals surface area contributed by atoms with Gasteiger partial charge in [0.25, 0.3) is 0 Å². The topological polar surface area (TPSA) is 90.2 Å². The van der Waals surface area contributed by atoms with Gasteiger partial charge in [-0.15, -0.1) is 0 Å². The number of carboxylic acid groups (broad SMARTS) is 1. The van der Waals surface area contributed by atoms with E-state index in [4.69, 9.17) is 14.6 Å². The van der Waals surface area contributed by atoms with E-state index in [1.54, 1.807) is 7.11 Å². The van der Waals surface area contributed by atoms with Crippen molar-refractivity contribution in [2.45, 2.75) is 56.0 Å². The van der Waals surface area contributed by atoms with Gasteiger partial charge in [-0.25, -0.2) is 4.79 Å². The molecule has 27 heavy (non-hydrogen) atoms. The summed E-state index contributed by atoms with van der Waals surface area (Å²) in [4.78, 5) is 11.4. The number of aliphatic carboxylic acids is 1. The smallest absolute Gasteiger partial charge is 0.490 e. The molecule has 9 heteroatoms. The maximum Gasteiger partial charge on any atom is 0.490 e. The van der Waals surface area contributed by atoms with Crippen molar-refractivity contribution in [2.75, 3.05) is 13.7 Å². The number of aliphatic hydroxyl groups is 1. The highest BCUT2D eigenvalue weighted by Crippen LogP contribution is 2.54. The molecule has 1 aromatic carbocycles. The van der Waals surface area contributed by atoms with Crippen molar-refractivity contribution in [3.05, 3.63) is 23.3 Å². The third kappa shape index (κ3) is 3.45. The van der Waals surface area contributed by atoms with Gasteiger partial charge in [0.05, 0.1) is 13.2 Å². The lowest BCUT2D eigenvalue weighted by Gasteiger charge is -2.48. The fourth-order valence-electron chi connectivity index (χ4n) is 4.71. The molecule has 0 radical (unpaired) electrons. The normalized spacial score (nSPS) is 31.2. The highest BCUT2D eigenvalue weighted by atomic mass is 19.4. The van der Waals surface area contributed by atoms with Crippen LogP contribution in [0, 0.1) is 0 Å². The van der Waals surface area contributed by atoms with Crippen molar-refractivity contribution < 1.29 is 38.0 Å². The first-order valence-corrected chi connectivity index (χ1v) is 8.71. The highest BCUT2D eigenvalue weighted by molar-refractivity contribution is 5.73. The number of phenolic OH excluding ortho intramolecular Hbond substituents is 1. The number of benzene rings is 1. The molecule has 2 fully saturated rings. The van der Waals surface area contributed by atoms with E-state index in [0.29, 0.717) is 11.8 Å². The molecule has 2 heterocycles. The van der Waals surface area contributed by atoms with Crippen LogP contribution >= 0.6 is 0 Å². The summed E-state index contributed by atoms with van der Waals surface area (Å²) in [5.74, 6) is -1.95. The van der Waals surface area contributed by atoms with Crippen LogP contribution in [0.25, 0.3) is 0 Å². The van der Waals surface area contributed by atoms with Gasteiger partial charge < -0.3 is 20.1 Å². The molecule has 3 aliphatic rings. The molecule has 2 bridgehead atoms. The summed E-state index contributed by atoms with van der Waals surface area (Å²) in [6.07, 6.45) is -1.29. The van der Waals surface area contributed by atoms with Gasteiger partial charge in [-0.1, -0.05) is 0 Å². The first-order chi connectivity index (χ1) is 12.6. The van der Waals surface area contributed by atoms with E-state index in [1.807, 2.05) is 12.1 Å². The number of methoxy groups -OCH3 is 1. The van der Waals surface area contributed by atoms with E-state index >= 15 is 0 Å². The zero-order valence-corrected chi connectivity index (χ0v) is 14.8. The predicted octanol–water partition coefficient (Wildman–Crippen LogP) is 2.40. The van der Waals surface area contributed by atoms with Gasteiger partial charge in [-0.3, -0.25) is 4.90 Å². The number of hydrogen-bond donors (Lipinski definition) is 3. The Morgan fingerprint density at radius 2 is 2.00 bits per heavy atom. The molecule has 0 amide bonds. The third-order valence-electron chi connectivity index (χ3n) is 5.90.